The molecule has 0 fully saturated rings. The van der Waals surface area contributed by atoms with Crippen LogP contribution in [0, 0.1) is 11.3 Å². The first-order valence-electron chi connectivity index (χ1n) is 17.3. The van der Waals surface area contributed by atoms with Crippen molar-refractivity contribution in [3.05, 3.63) is 169 Å². The molecule has 16 heteroatoms. The zero-order valence-corrected chi connectivity index (χ0v) is 38.7. The Hall–Kier alpha value is -2.84. The standard InChI is InChI=1S/C39H32OP2.C2H3N.2CH2Cl2.Cu.F6P/c1-39(2)33-25-15-27-35(41(29-17-7-3-8-18-29)30-19-9-4-10-20-30)37(33)40-38-34(39)26-16-28-36(38)42(31-21-11-5-12-22-31)32-23-13-6-14-24-32;1-2-3;2*2-1-3;;1-7(2,3,4,5)6/h3-28H,1-2H3;1H3;2*1H2;;/q;;;;+1;-1/p+2. The van der Waals surface area contributed by atoms with Crippen LogP contribution in [-0.4, -0.2) is 10.7 Å². The fraction of sp³-hybridized carbons (Fsp3) is 0.140. The zero-order valence-electron chi connectivity index (χ0n) is 31.8. The first-order chi connectivity index (χ1) is 27.3. The van der Waals surface area contributed by atoms with E-state index in [2.05, 4.69) is 172 Å². The molecule has 0 amide bonds. The van der Waals surface area contributed by atoms with Gasteiger partial charge in [0, 0.05) is 23.5 Å². The van der Waals surface area contributed by atoms with Gasteiger partial charge in [0.05, 0.1) is 16.7 Å². The summed E-state index contributed by atoms with van der Waals surface area (Å²) in [4.78, 5) is 0. The van der Waals surface area contributed by atoms with Crippen LogP contribution in [0.15, 0.2) is 158 Å². The van der Waals surface area contributed by atoms with Crippen molar-refractivity contribution in [1.82, 2.24) is 0 Å². The van der Waals surface area contributed by atoms with Crippen LogP contribution >= 0.6 is 70.1 Å². The molecule has 0 aromatic heterocycles. The Kier molecular flexibility index (Phi) is 20.2. The van der Waals surface area contributed by atoms with E-state index in [1.54, 1.807) is 6.07 Å². The summed E-state index contributed by atoms with van der Waals surface area (Å²) in [6, 6.07) is 59.3. The second kappa shape index (κ2) is 22.8. The minimum absolute atomic E-state index is 0. The third-order valence-electron chi connectivity index (χ3n) is 8.37. The summed E-state index contributed by atoms with van der Waals surface area (Å²) in [5.74, 6) is 2.07. The number of alkyl halides is 4. The Morgan fingerprint density at radius 2 is 0.729 bits per heavy atom. The van der Waals surface area contributed by atoms with Crippen molar-refractivity contribution in [1.29, 1.82) is 5.26 Å². The average Bonchev–Trinajstić information content (AvgIpc) is 3.17. The van der Waals surface area contributed by atoms with E-state index < -0.39 is 23.7 Å². The van der Waals surface area contributed by atoms with Gasteiger partial charge in [0.25, 0.3) is 0 Å². The third kappa shape index (κ3) is 16.5. The van der Waals surface area contributed by atoms with E-state index in [0.29, 0.717) is 0 Å². The van der Waals surface area contributed by atoms with Crippen molar-refractivity contribution in [3.63, 3.8) is 0 Å². The summed E-state index contributed by atoms with van der Waals surface area (Å²) in [5, 5.41) is 15.8. The maximum absolute atomic E-state index is 10.7. The number of hydrogen-bond acceptors (Lipinski definition) is 2. The molecule has 2 nitrogen and oxygen atoms in total. The number of hydrogen-bond donors (Lipinski definition) is 0. The maximum atomic E-state index is 9.87. The Morgan fingerprint density at radius 3 is 0.949 bits per heavy atom. The molecule has 6 aromatic carbocycles. The summed E-state index contributed by atoms with van der Waals surface area (Å²) in [6.07, 6.45) is 0. The summed E-state index contributed by atoms with van der Waals surface area (Å²) < 4.78 is 66.5. The third-order valence-corrected chi connectivity index (χ3v) is 13.9. The van der Waals surface area contributed by atoms with E-state index >= 15 is 0 Å². The minimum atomic E-state index is -10.7. The molecule has 0 bridgehead atoms. The fourth-order valence-electron chi connectivity index (χ4n) is 6.29. The van der Waals surface area contributed by atoms with Crippen molar-refractivity contribution in [3.8, 4) is 17.6 Å². The van der Waals surface area contributed by atoms with Crippen LogP contribution in [-0.2, 0) is 22.5 Å². The molecule has 1 aliphatic heterocycles. The molecule has 7 rings (SSSR count). The molecule has 6 aromatic rings. The van der Waals surface area contributed by atoms with Crippen LogP contribution < -0.4 is 36.6 Å². The molecule has 1 heterocycles. The number of halogens is 10. The van der Waals surface area contributed by atoms with E-state index in [1.807, 2.05) is 0 Å². The fourth-order valence-corrected chi connectivity index (χ4v) is 11.7. The summed E-state index contributed by atoms with van der Waals surface area (Å²) in [7, 11) is -13.3. The summed E-state index contributed by atoms with van der Waals surface area (Å²) in [5.41, 5.74) is 2.30. The van der Waals surface area contributed by atoms with Gasteiger partial charge < -0.3 is 4.74 Å². The first-order valence-corrected chi connectivity index (χ1v) is 24.5. The Balaban J connectivity index is 0.000000609. The summed E-state index contributed by atoms with van der Waals surface area (Å²) >= 11 is 19.1. The number of rotatable bonds is 6. The van der Waals surface area contributed by atoms with Crippen LogP contribution in [0.25, 0.3) is 0 Å². The van der Waals surface area contributed by atoms with Gasteiger partial charge in [0.1, 0.15) is 47.7 Å². The van der Waals surface area contributed by atoms with Gasteiger partial charge in [-0.1, -0.05) is 111 Å². The number of ether oxygens (including phenoxy) is 1. The van der Waals surface area contributed by atoms with Gasteiger partial charge in [0.15, 0.2) is 11.5 Å². The smallest absolute Gasteiger partial charge is 1.00 e. The van der Waals surface area contributed by atoms with Crippen LogP contribution in [0.1, 0.15) is 31.9 Å². The molecular formula is C43H41Cl4CuF6NOP3+2. The molecule has 0 radical (unpaired) electrons. The predicted molar refractivity (Wildman–Crippen MR) is 243 cm³/mol. The van der Waals surface area contributed by atoms with E-state index in [9.17, 15) is 25.2 Å². The molecule has 0 atom stereocenters. The second-order valence-corrected chi connectivity index (χ2v) is 21.1. The van der Waals surface area contributed by atoms with Crippen molar-refractivity contribution in [2.75, 3.05) is 10.7 Å². The van der Waals surface area contributed by atoms with Crippen molar-refractivity contribution >= 4 is 102 Å². The molecule has 0 N–H and O–H groups in total. The molecule has 0 saturated heterocycles. The Bertz CT molecular complexity index is 2000. The van der Waals surface area contributed by atoms with Crippen LogP contribution in [0.4, 0.5) is 25.2 Å². The molecular weight excluding hydrogens is 959 g/mol. The first kappa shape index (κ1) is 52.3. The van der Waals surface area contributed by atoms with Crippen LogP contribution in [0.3, 0.4) is 0 Å². The van der Waals surface area contributed by atoms with Gasteiger partial charge in [-0.05, 0) is 60.7 Å². The van der Waals surface area contributed by atoms with E-state index in [1.165, 1.54) is 49.9 Å². The predicted octanol–water partition coefficient (Wildman–Crippen LogP) is 13.9. The molecule has 0 spiro atoms. The van der Waals surface area contributed by atoms with Gasteiger partial charge in [-0.3, -0.25) is 0 Å². The van der Waals surface area contributed by atoms with Crippen molar-refractivity contribution in [2.45, 2.75) is 26.2 Å². The minimum Gasteiger partial charge on any atom is 1.00 e. The Labute approximate surface area is 375 Å². The average molecular weight is 1000 g/mol. The SMILES string of the molecule is CC#N.CC1(C)c2cccc([PH+](c3ccccc3)c3ccccc3)c2Oc2c([PH+](c3ccccc3)c3ccccc3)cccc21.ClCCl.ClCCl.F[P-](F)(F)(F)(F)F.[Cu+]. The quantitative estimate of drug-likeness (QED) is 0.0721. The van der Waals surface area contributed by atoms with Gasteiger partial charge >= 0.3 is 50.1 Å². The van der Waals surface area contributed by atoms with E-state index in [0.717, 1.165) is 11.5 Å². The molecule has 1 aliphatic rings. The number of nitrogens with zero attached hydrogens (tertiary/aromatic N) is 1. The topological polar surface area (TPSA) is 33.0 Å². The van der Waals surface area contributed by atoms with Gasteiger partial charge in [0.2, 0.25) is 0 Å². The monoisotopic (exact) mass is 997 g/mol. The van der Waals surface area contributed by atoms with Crippen LogP contribution in [0.2, 0.25) is 0 Å². The molecule has 59 heavy (non-hydrogen) atoms. The number of para-hydroxylation sites is 2. The molecule has 318 valence electrons. The van der Waals surface area contributed by atoms with E-state index in [-0.39, 0.29) is 33.2 Å². The summed E-state index contributed by atoms with van der Waals surface area (Å²) in [6.45, 7) is 6.14. The number of benzene rings is 6. The molecule has 0 saturated carbocycles. The number of fused-ring (bicyclic) bond motifs is 2. The largest absolute Gasteiger partial charge is 1.00 e. The van der Waals surface area contributed by atoms with Crippen molar-refractivity contribution in [2.24, 2.45) is 0 Å². The van der Waals surface area contributed by atoms with Gasteiger partial charge in [-0.2, -0.15) is 5.26 Å². The number of nitriles is 1. The van der Waals surface area contributed by atoms with Gasteiger partial charge in [-0.15, -0.1) is 46.4 Å². The van der Waals surface area contributed by atoms with Crippen molar-refractivity contribution < 1.29 is 47.0 Å². The second-order valence-electron chi connectivity index (χ2n) is 12.7. The van der Waals surface area contributed by atoms with Gasteiger partial charge in [-0.25, -0.2) is 0 Å². The Morgan fingerprint density at radius 1 is 0.508 bits per heavy atom. The normalized spacial score (nSPS) is 13.0. The maximum Gasteiger partial charge on any atom is 1.00 e. The molecule has 0 aliphatic carbocycles. The van der Waals surface area contributed by atoms with Crippen LogP contribution in [0.5, 0.6) is 11.5 Å². The molecule has 0 unspecified atom stereocenters. The zero-order chi connectivity index (χ0) is 43.0. The van der Waals surface area contributed by atoms with E-state index in [4.69, 9.17) is 56.4 Å².